The Morgan fingerprint density at radius 3 is 2.44 bits per heavy atom. The molecule has 0 N–H and O–H groups in total. The van der Waals surface area contributed by atoms with Crippen molar-refractivity contribution in [2.75, 3.05) is 13.2 Å². The van der Waals surface area contributed by atoms with Gasteiger partial charge in [0.2, 0.25) is 0 Å². The molecule has 1 fully saturated rings. The summed E-state index contributed by atoms with van der Waals surface area (Å²) in [6, 6.07) is 0. The Morgan fingerprint density at radius 2 is 2.33 bits per heavy atom. The van der Waals surface area contributed by atoms with Crippen molar-refractivity contribution in [1.82, 2.24) is 0 Å². The van der Waals surface area contributed by atoms with Crippen molar-refractivity contribution in [3.05, 3.63) is 12.7 Å². The Bertz CT molecular complexity index is 97.6. The molecule has 52 valence electrons. The van der Waals surface area contributed by atoms with Crippen LogP contribution in [0.3, 0.4) is 0 Å². The average molecular weight is 126 g/mol. The van der Waals surface area contributed by atoms with Gasteiger partial charge in [0.25, 0.3) is 0 Å². The van der Waals surface area contributed by atoms with E-state index in [0.29, 0.717) is 5.41 Å². The minimum absolute atomic E-state index is 0.474. The van der Waals surface area contributed by atoms with Gasteiger partial charge >= 0.3 is 0 Å². The fraction of sp³-hybridized carbons (Fsp3) is 0.750. The first kappa shape index (κ1) is 6.81. The molecule has 0 unspecified atom stereocenters. The van der Waals surface area contributed by atoms with Gasteiger partial charge < -0.3 is 4.74 Å². The van der Waals surface area contributed by atoms with E-state index < -0.39 is 0 Å². The van der Waals surface area contributed by atoms with E-state index in [0.717, 1.165) is 19.6 Å². The van der Waals surface area contributed by atoms with Crippen LogP contribution in [0.4, 0.5) is 0 Å². The van der Waals surface area contributed by atoms with E-state index in [1.807, 2.05) is 6.08 Å². The summed E-state index contributed by atoms with van der Waals surface area (Å²) in [6.07, 6.45) is 4.33. The van der Waals surface area contributed by atoms with Crippen molar-refractivity contribution in [2.24, 2.45) is 5.41 Å². The maximum absolute atomic E-state index is 5.13. The quantitative estimate of drug-likeness (QED) is 0.525. The molecule has 1 saturated heterocycles. The maximum Gasteiger partial charge on any atom is 0.0547 e. The molecule has 0 saturated carbocycles. The van der Waals surface area contributed by atoms with E-state index >= 15 is 0 Å². The smallest absolute Gasteiger partial charge is 0.0547 e. The van der Waals surface area contributed by atoms with Gasteiger partial charge in [0.05, 0.1) is 13.2 Å². The molecule has 0 spiro atoms. The number of allylic oxidation sites excluding steroid dienone is 1. The molecule has 1 aliphatic heterocycles. The van der Waals surface area contributed by atoms with Crippen LogP contribution in [0.5, 0.6) is 0 Å². The largest absolute Gasteiger partial charge is 0.380 e. The molecular formula is C8H14O. The van der Waals surface area contributed by atoms with Gasteiger partial charge in [-0.15, -0.1) is 6.58 Å². The molecule has 1 nitrogen and oxygen atoms in total. The molecule has 1 aliphatic rings. The summed E-state index contributed by atoms with van der Waals surface area (Å²) >= 11 is 0. The Balaban J connectivity index is 2.36. The molecule has 0 radical (unpaired) electrons. The second kappa shape index (κ2) is 2.53. The zero-order chi connectivity index (χ0) is 6.74. The zero-order valence-electron chi connectivity index (χ0n) is 6.02. The third-order valence-corrected chi connectivity index (χ3v) is 2.14. The van der Waals surface area contributed by atoms with Crippen molar-refractivity contribution in [3.8, 4) is 0 Å². The van der Waals surface area contributed by atoms with Gasteiger partial charge in [-0.05, 0) is 12.8 Å². The van der Waals surface area contributed by atoms with E-state index in [2.05, 4.69) is 13.5 Å². The standard InChI is InChI=1S/C8H14O/c1-3-5-8(4-2)6-9-7-8/h3H,1,4-7H2,2H3. The molecule has 0 aromatic heterocycles. The fourth-order valence-corrected chi connectivity index (χ4v) is 1.16. The summed E-state index contributed by atoms with van der Waals surface area (Å²) in [5, 5.41) is 0. The lowest BCUT2D eigenvalue weighted by molar-refractivity contribution is -0.112. The Morgan fingerprint density at radius 1 is 1.67 bits per heavy atom. The van der Waals surface area contributed by atoms with Crippen molar-refractivity contribution in [3.63, 3.8) is 0 Å². The molecule has 0 aromatic carbocycles. The highest BCUT2D eigenvalue weighted by atomic mass is 16.5. The second-order valence-electron chi connectivity index (χ2n) is 2.84. The molecule has 0 aromatic rings. The van der Waals surface area contributed by atoms with Crippen molar-refractivity contribution >= 4 is 0 Å². The Kier molecular flexibility index (Phi) is 1.91. The van der Waals surface area contributed by atoms with E-state index in [4.69, 9.17) is 4.74 Å². The lowest BCUT2D eigenvalue weighted by Crippen LogP contribution is -2.41. The third-order valence-electron chi connectivity index (χ3n) is 2.14. The van der Waals surface area contributed by atoms with Gasteiger partial charge in [-0.3, -0.25) is 0 Å². The minimum Gasteiger partial charge on any atom is -0.380 e. The van der Waals surface area contributed by atoms with Crippen LogP contribution >= 0.6 is 0 Å². The van der Waals surface area contributed by atoms with Crippen LogP contribution in [0, 0.1) is 5.41 Å². The number of ether oxygens (including phenoxy) is 1. The van der Waals surface area contributed by atoms with Gasteiger partial charge in [0, 0.05) is 5.41 Å². The van der Waals surface area contributed by atoms with Gasteiger partial charge in [0.1, 0.15) is 0 Å². The first-order valence-corrected chi connectivity index (χ1v) is 3.52. The van der Waals surface area contributed by atoms with Gasteiger partial charge in [-0.25, -0.2) is 0 Å². The van der Waals surface area contributed by atoms with Crippen molar-refractivity contribution in [1.29, 1.82) is 0 Å². The molecule has 1 heteroatoms. The van der Waals surface area contributed by atoms with E-state index in [9.17, 15) is 0 Å². The van der Waals surface area contributed by atoms with E-state index in [1.54, 1.807) is 0 Å². The first-order valence-electron chi connectivity index (χ1n) is 3.52. The van der Waals surface area contributed by atoms with E-state index in [-0.39, 0.29) is 0 Å². The number of rotatable bonds is 3. The summed E-state index contributed by atoms with van der Waals surface area (Å²) in [4.78, 5) is 0. The van der Waals surface area contributed by atoms with E-state index in [1.165, 1.54) is 6.42 Å². The number of hydrogen-bond acceptors (Lipinski definition) is 1. The van der Waals surface area contributed by atoms with Gasteiger partial charge in [-0.2, -0.15) is 0 Å². The second-order valence-corrected chi connectivity index (χ2v) is 2.84. The number of hydrogen-bond donors (Lipinski definition) is 0. The Hall–Kier alpha value is -0.300. The van der Waals surface area contributed by atoms with Crippen LogP contribution in [-0.4, -0.2) is 13.2 Å². The summed E-state index contributed by atoms with van der Waals surface area (Å²) in [6.45, 7) is 7.81. The maximum atomic E-state index is 5.13. The molecule has 0 bridgehead atoms. The zero-order valence-corrected chi connectivity index (χ0v) is 6.02. The van der Waals surface area contributed by atoms with Gasteiger partial charge in [0.15, 0.2) is 0 Å². The molecule has 9 heavy (non-hydrogen) atoms. The van der Waals surface area contributed by atoms with Crippen LogP contribution in [-0.2, 0) is 4.74 Å². The summed E-state index contributed by atoms with van der Waals surface area (Å²) in [5.74, 6) is 0. The summed E-state index contributed by atoms with van der Waals surface area (Å²) < 4.78 is 5.13. The van der Waals surface area contributed by atoms with Crippen LogP contribution in [0.25, 0.3) is 0 Å². The van der Waals surface area contributed by atoms with Gasteiger partial charge in [-0.1, -0.05) is 13.0 Å². The van der Waals surface area contributed by atoms with Crippen LogP contribution in [0.1, 0.15) is 19.8 Å². The average Bonchev–Trinajstić information content (AvgIpc) is 1.79. The van der Waals surface area contributed by atoms with Crippen molar-refractivity contribution < 1.29 is 4.74 Å². The van der Waals surface area contributed by atoms with Crippen LogP contribution in [0.15, 0.2) is 12.7 Å². The summed E-state index contributed by atoms with van der Waals surface area (Å²) in [5.41, 5.74) is 0.474. The molecule has 1 heterocycles. The predicted octanol–water partition coefficient (Wildman–Crippen LogP) is 1.99. The summed E-state index contributed by atoms with van der Waals surface area (Å²) in [7, 11) is 0. The Labute approximate surface area is 56.7 Å². The third kappa shape index (κ3) is 1.16. The SMILES string of the molecule is C=CCC1(CC)COC1. The minimum atomic E-state index is 0.474. The molecule has 1 rings (SSSR count). The van der Waals surface area contributed by atoms with Crippen molar-refractivity contribution in [2.45, 2.75) is 19.8 Å². The highest BCUT2D eigenvalue weighted by Gasteiger charge is 2.34. The van der Waals surface area contributed by atoms with Crippen LogP contribution in [0.2, 0.25) is 0 Å². The molecule has 0 amide bonds. The molecule has 0 aliphatic carbocycles. The highest BCUT2D eigenvalue weighted by Crippen LogP contribution is 2.34. The monoisotopic (exact) mass is 126 g/mol. The lowest BCUT2D eigenvalue weighted by atomic mass is 9.80. The molecular weight excluding hydrogens is 112 g/mol. The topological polar surface area (TPSA) is 9.23 Å². The highest BCUT2D eigenvalue weighted by molar-refractivity contribution is 4.90. The predicted molar refractivity (Wildman–Crippen MR) is 38.4 cm³/mol. The normalized spacial score (nSPS) is 22.8. The fourth-order valence-electron chi connectivity index (χ4n) is 1.16. The molecule has 0 atom stereocenters. The van der Waals surface area contributed by atoms with Crippen LogP contribution < -0.4 is 0 Å². The lowest BCUT2D eigenvalue weighted by Gasteiger charge is -2.40. The first-order chi connectivity index (χ1) is 4.33.